The molecule has 1 aromatic heterocycles. The van der Waals surface area contributed by atoms with Crippen LogP contribution < -0.4 is 15.4 Å². The fourth-order valence-corrected chi connectivity index (χ4v) is 3.71. The smallest absolute Gasteiger partial charge is 0.253 e. The fourth-order valence-electron chi connectivity index (χ4n) is 2.74. The Labute approximate surface area is 199 Å². The van der Waals surface area contributed by atoms with Gasteiger partial charge in [-0.1, -0.05) is 29.3 Å². The van der Waals surface area contributed by atoms with Crippen LogP contribution in [0, 0.1) is 0 Å². The number of ether oxygens (including phenoxy) is 1. The van der Waals surface area contributed by atoms with E-state index in [1.54, 1.807) is 48.3 Å². The van der Waals surface area contributed by atoms with E-state index in [1.807, 2.05) is 6.26 Å². The number of aromatic nitrogens is 2. The lowest BCUT2D eigenvalue weighted by molar-refractivity contribution is -0.118. The number of carbonyl (C=O) groups excluding carboxylic acids is 2. The third-order valence-corrected chi connectivity index (χ3v) is 5.46. The number of benzene rings is 2. The summed E-state index contributed by atoms with van der Waals surface area (Å²) in [6, 6.07) is 10.7. The molecule has 2 aromatic carbocycles. The molecule has 10 heteroatoms. The van der Waals surface area contributed by atoms with Gasteiger partial charge in [0.15, 0.2) is 0 Å². The highest BCUT2D eigenvalue weighted by atomic mass is 35.5. The van der Waals surface area contributed by atoms with Crippen molar-refractivity contribution in [3.05, 3.63) is 76.7 Å². The van der Waals surface area contributed by atoms with Gasteiger partial charge < -0.3 is 15.4 Å². The highest BCUT2D eigenvalue weighted by Gasteiger charge is 2.22. The Bertz CT molecular complexity index is 1090. The summed E-state index contributed by atoms with van der Waals surface area (Å²) in [6.45, 7) is 0. The van der Waals surface area contributed by atoms with E-state index >= 15 is 0 Å². The van der Waals surface area contributed by atoms with Crippen LogP contribution >= 0.6 is 35.0 Å². The summed E-state index contributed by atoms with van der Waals surface area (Å²) in [4.78, 5) is 33.7. The molecule has 0 radical (unpaired) electrons. The van der Waals surface area contributed by atoms with Crippen LogP contribution in [-0.4, -0.2) is 39.8 Å². The Kier molecular flexibility index (Phi) is 8.72. The zero-order valence-corrected chi connectivity index (χ0v) is 19.4. The molecule has 0 spiro atoms. The maximum Gasteiger partial charge on any atom is 0.253 e. The molecule has 1 atom stereocenters. The highest BCUT2D eigenvalue weighted by Crippen LogP contribution is 2.23. The van der Waals surface area contributed by atoms with E-state index in [-0.39, 0.29) is 16.5 Å². The predicted octanol–water partition coefficient (Wildman–Crippen LogP) is 5.07. The van der Waals surface area contributed by atoms with Crippen LogP contribution in [0.5, 0.6) is 11.6 Å². The van der Waals surface area contributed by atoms with E-state index in [2.05, 4.69) is 20.6 Å². The van der Waals surface area contributed by atoms with E-state index < -0.39 is 11.9 Å². The Morgan fingerprint density at radius 3 is 2.72 bits per heavy atom. The molecule has 1 heterocycles. The second-order valence-corrected chi connectivity index (χ2v) is 8.42. The lowest BCUT2D eigenvalue weighted by Gasteiger charge is -2.19. The van der Waals surface area contributed by atoms with Gasteiger partial charge in [-0.15, -0.1) is 0 Å². The Balaban J connectivity index is 1.70. The fraction of sp³-hybridized carbons (Fsp3) is 0.182. The van der Waals surface area contributed by atoms with Gasteiger partial charge in [-0.25, -0.2) is 4.98 Å². The van der Waals surface area contributed by atoms with Crippen molar-refractivity contribution < 1.29 is 14.3 Å². The molecule has 2 amide bonds. The molecule has 3 aromatic rings. The molecule has 0 bridgehead atoms. The number of halogens is 2. The summed E-state index contributed by atoms with van der Waals surface area (Å²) >= 11 is 13.6. The zero-order chi connectivity index (χ0) is 22.9. The van der Waals surface area contributed by atoms with Crippen LogP contribution in [0.1, 0.15) is 16.8 Å². The standard InChI is InChI=1S/C22H20Cl2N4O3S/c1-32-10-7-19(28-21(29)17-6-5-14(23)11-18(17)24)22(30)27-15-3-2-4-16(12-15)31-20-13-25-8-9-26-20/h2-6,8-9,11-13,19H,7,10H2,1H3,(H,27,30)(H,28,29). The summed E-state index contributed by atoms with van der Waals surface area (Å²) in [5.41, 5.74) is 0.765. The SMILES string of the molecule is CSCCC(NC(=O)c1ccc(Cl)cc1Cl)C(=O)Nc1cccc(Oc2cnccn2)c1. The topological polar surface area (TPSA) is 93.2 Å². The largest absolute Gasteiger partial charge is 0.437 e. The summed E-state index contributed by atoms with van der Waals surface area (Å²) in [5, 5.41) is 6.22. The Morgan fingerprint density at radius 1 is 1.16 bits per heavy atom. The molecule has 0 saturated heterocycles. The van der Waals surface area contributed by atoms with Gasteiger partial charge in [0.1, 0.15) is 11.8 Å². The monoisotopic (exact) mass is 490 g/mol. The molecule has 32 heavy (non-hydrogen) atoms. The third-order valence-electron chi connectivity index (χ3n) is 4.27. The number of hydrogen-bond donors (Lipinski definition) is 2. The van der Waals surface area contributed by atoms with Crippen molar-refractivity contribution in [1.82, 2.24) is 15.3 Å². The average Bonchev–Trinajstić information content (AvgIpc) is 2.77. The zero-order valence-electron chi connectivity index (χ0n) is 17.0. The van der Waals surface area contributed by atoms with Crippen molar-refractivity contribution in [3.8, 4) is 11.6 Å². The van der Waals surface area contributed by atoms with Crippen molar-refractivity contribution in [3.63, 3.8) is 0 Å². The Hall–Kier alpha value is -2.81. The molecular weight excluding hydrogens is 471 g/mol. The van der Waals surface area contributed by atoms with Crippen molar-refractivity contribution >= 4 is 52.5 Å². The van der Waals surface area contributed by atoms with Crippen LogP contribution in [0.2, 0.25) is 10.0 Å². The van der Waals surface area contributed by atoms with Crippen LogP contribution in [-0.2, 0) is 4.79 Å². The number of thioether (sulfide) groups is 1. The summed E-state index contributed by atoms with van der Waals surface area (Å²) < 4.78 is 5.65. The van der Waals surface area contributed by atoms with Crippen LogP contribution in [0.25, 0.3) is 0 Å². The summed E-state index contributed by atoms with van der Waals surface area (Å²) in [5.74, 6) is 0.700. The van der Waals surface area contributed by atoms with Gasteiger partial charge in [-0.3, -0.25) is 14.6 Å². The third kappa shape index (κ3) is 6.85. The molecule has 0 aliphatic heterocycles. The first-order chi connectivity index (χ1) is 15.5. The normalized spacial score (nSPS) is 11.5. The van der Waals surface area contributed by atoms with Gasteiger partial charge in [0.05, 0.1) is 16.8 Å². The maximum atomic E-state index is 12.9. The molecule has 166 valence electrons. The minimum atomic E-state index is -0.758. The van der Waals surface area contributed by atoms with Crippen molar-refractivity contribution in [2.24, 2.45) is 0 Å². The first-order valence-electron chi connectivity index (χ1n) is 9.56. The van der Waals surface area contributed by atoms with E-state index in [1.165, 1.54) is 24.5 Å². The minimum absolute atomic E-state index is 0.216. The van der Waals surface area contributed by atoms with Gasteiger partial charge >= 0.3 is 0 Å². The molecule has 3 rings (SSSR count). The lowest BCUT2D eigenvalue weighted by Crippen LogP contribution is -2.44. The number of rotatable bonds is 9. The molecule has 0 aliphatic carbocycles. The second-order valence-electron chi connectivity index (χ2n) is 6.59. The minimum Gasteiger partial charge on any atom is -0.437 e. The number of carbonyl (C=O) groups is 2. The van der Waals surface area contributed by atoms with E-state index in [0.717, 1.165) is 0 Å². The van der Waals surface area contributed by atoms with Crippen molar-refractivity contribution in [2.45, 2.75) is 12.5 Å². The molecule has 7 nitrogen and oxygen atoms in total. The quantitative estimate of drug-likeness (QED) is 0.435. The van der Waals surface area contributed by atoms with Crippen LogP contribution in [0.4, 0.5) is 5.69 Å². The number of nitrogens with one attached hydrogen (secondary N) is 2. The van der Waals surface area contributed by atoms with Gasteiger partial charge in [0.25, 0.3) is 5.91 Å². The van der Waals surface area contributed by atoms with Crippen molar-refractivity contribution in [1.29, 1.82) is 0 Å². The first-order valence-corrected chi connectivity index (χ1v) is 11.7. The van der Waals surface area contributed by atoms with Crippen LogP contribution in [0.15, 0.2) is 61.1 Å². The number of hydrogen-bond acceptors (Lipinski definition) is 6. The van der Waals surface area contributed by atoms with E-state index in [4.69, 9.17) is 27.9 Å². The number of amides is 2. The lowest BCUT2D eigenvalue weighted by atomic mass is 10.1. The Morgan fingerprint density at radius 2 is 2.00 bits per heavy atom. The van der Waals surface area contributed by atoms with Gasteiger partial charge in [-0.05, 0) is 48.8 Å². The average molecular weight is 491 g/mol. The second kappa shape index (κ2) is 11.7. The van der Waals surface area contributed by atoms with Crippen LogP contribution in [0.3, 0.4) is 0 Å². The van der Waals surface area contributed by atoms with E-state index in [0.29, 0.717) is 34.5 Å². The first kappa shape index (κ1) is 23.8. The summed E-state index contributed by atoms with van der Waals surface area (Å²) in [6.07, 6.45) is 6.93. The molecule has 2 N–H and O–H groups in total. The van der Waals surface area contributed by atoms with Crippen molar-refractivity contribution in [2.75, 3.05) is 17.3 Å². The maximum absolute atomic E-state index is 12.9. The number of anilines is 1. The summed E-state index contributed by atoms with van der Waals surface area (Å²) in [7, 11) is 0. The predicted molar refractivity (Wildman–Crippen MR) is 128 cm³/mol. The molecule has 0 aliphatic rings. The molecule has 1 unspecified atom stereocenters. The highest BCUT2D eigenvalue weighted by molar-refractivity contribution is 7.98. The molecule has 0 saturated carbocycles. The number of nitrogens with zero attached hydrogens (tertiary/aromatic N) is 2. The van der Waals surface area contributed by atoms with Gasteiger partial charge in [0, 0.05) is 29.2 Å². The molecule has 0 fully saturated rings. The molecular formula is C22H20Cl2N4O3S. The van der Waals surface area contributed by atoms with E-state index in [9.17, 15) is 9.59 Å². The van der Waals surface area contributed by atoms with Gasteiger partial charge in [-0.2, -0.15) is 11.8 Å². The van der Waals surface area contributed by atoms with Gasteiger partial charge in [0.2, 0.25) is 11.8 Å².